The number of carbonyl (C=O) groups excluding carboxylic acids is 1. The van der Waals surface area contributed by atoms with Gasteiger partial charge >= 0.3 is 18.6 Å². The number of aromatic nitrogens is 26. The topological polar surface area (TPSA) is 660 Å². The monoisotopic (exact) mass is 2450 g/mol. The SMILES string of the molecule is Cc1cc(C)c2oc(Nc3ccc(-c4nn(C5CCC(c6noc(=O)[nH]6)CC5)c5ncnc(N)c45)cc3)nc2c1.Cc1cc(C)c2oc(Nc3ccc(B4OC(C)(C)C(C)(C)O4)cc3)nc2c1.N#CC1CCC(n2nc(I)c3c(N)ncnc32)CC1.N/C(=N\O)C1CCC(n2nc(I)c3c(N)ncnc32)CC1.Nc1ncnc2c1c(I)nn2C1CCC(=O)CC1.Nc1ncnc2c1c(I)nn2C1CCC(c2noc(=O)[nH]2)CC1. The number of hydrogen-bond donors (Lipinski definition) is 11. The Morgan fingerprint density at radius 1 is 0.459 bits per heavy atom. The van der Waals surface area contributed by atoms with E-state index < -0.39 is 11.5 Å². The van der Waals surface area contributed by atoms with Gasteiger partial charge in [0.05, 0.1) is 74.4 Å². The number of hydrogen-bond acceptors (Lipinski definition) is 38. The van der Waals surface area contributed by atoms with Gasteiger partial charge in [0, 0.05) is 53.5 Å². The van der Waals surface area contributed by atoms with E-state index in [2.05, 4.69) is 264 Å². The number of anilines is 9. The number of rotatable bonds is 14. The highest BCUT2D eigenvalue weighted by atomic mass is 127. The number of nitrogens with two attached hydrogens (primary N) is 6. The molecule has 148 heavy (non-hydrogen) atoms. The highest BCUT2D eigenvalue weighted by molar-refractivity contribution is 14.1. The molecule has 1 saturated heterocycles. The van der Waals surface area contributed by atoms with Gasteiger partial charge in [-0.1, -0.05) is 51.9 Å². The predicted molar refractivity (Wildman–Crippen MR) is 589 cm³/mol. The molecule has 0 spiro atoms. The number of halogens is 4. The largest absolute Gasteiger partial charge is 0.494 e. The Kier molecular flexibility index (Phi) is 30.4. The van der Waals surface area contributed by atoms with Gasteiger partial charge in [-0.2, -0.15) is 40.7 Å². The summed E-state index contributed by atoms with van der Waals surface area (Å²) in [5.41, 5.74) is 50.9. The molecule has 1 aliphatic heterocycles. The fourth-order valence-electron chi connectivity index (χ4n) is 20.1. The first-order valence-electron chi connectivity index (χ1n) is 48.6. The van der Waals surface area contributed by atoms with E-state index in [9.17, 15) is 14.4 Å². The molecule has 766 valence electrons. The van der Waals surface area contributed by atoms with Crippen LogP contribution in [0.15, 0.2) is 137 Å². The summed E-state index contributed by atoms with van der Waals surface area (Å²) >= 11 is 8.63. The molecule has 51 heteroatoms. The molecule has 17 N–H and O–H groups in total. The van der Waals surface area contributed by atoms with E-state index in [1.807, 2.05) is 105 Å². The fourth-order valence-corrected chi connectivity index (χ4v) is 23.1. The van der Waals surface area contributed by atoms with Crippen molar-refractivity contribution in [3.8, 4) is 17.3 Å². The number of nitriles is 1. The number of nitrogen functional groups attached to an aromatic ring is 5. The van der Waals surface area contributed by atoms with Crippen molar-refractivity contribution in [3.63, 3.8) is 0 Å². The van der Waals surface area contributed by atoms with Gasteiger partial charge in [0.15, 0.2) is 51.1 Å². The summed E-state index contributed by atoms with van der Waals surface area (Å²) in [7, 11) is -0.362. The van der Waals surface area contributed by atoms with Crippen LogP contribution in [-0.4, -0.2) is 164 Å². The normalized spacial score (nSPS) is 19.9. The summed E-state index contributed by atoms with van der Waals surface area (Å²) in [5.74, 6) is 3.84. The lowest BCUT2D eigenvalue weighted by atomic mass is 9.79. The van der Waals surface area contributed by atoms with Gasteiger partial charge in [-0.15, -0.1) is 0 Å². The molecule has 0 bridgehead atoms. The summed E-state index contributed by atoms with van der Waals surface area (Å²) < 4.78 is 46.3. The van der Waals surface area contributed by atoms with Crippen LogP contribution in [0.2, 0.25) is 0 Å². The van der Waals surface area contributed by atoms with E-state index >= 15 is 0 Å². The molecular weight excluding hydrogens is 2350 g/mol. The zero-order valence-electron chi connectivity index (χ0n) is 82.0. The summed E-state index contributed by atoms with van der Waals surface area (Å²) in [6, 6.07) is 28.5. The van der Waals surface area contributed by atoms with Crippen LogP contribution in [0.25, 0.3) is 88.6 Å². The third-order valence-electron chi connectivity index (χ3n) is 28.6. The van der Waals surface area contributed by atoms with Gasteiger partial charge in [-0.25, -0.2) is 82.8 Å². The van der Waals surface area contributed by atoms with E-state index in [-0.39, 0.29) is 66.2 Å². The Morgan fingerprint density at radius 3 is 1.16 bits per heavy atom. The standard InChI is InChI=1S/C28H27N9O3.C21H25BN2O3.C13H14IN7O2.C12H16IN7O.C12H13IN6.C11H12IN5O/c1-14-11-15(2)23-20(12-14)33-27(39-23)32-18-7-3-16(4-8-18)22-21-24(29)30-13-31-26(21)37(35-22)19-9-5-17(6-10-19)25-34-28(38)40-36-25;1-13-11-14(2)18-17(12-13)24-19(25-18)23-16-9-7-15(8-10-16)22-26-20(3,4)21(5,6)27-22;14-9-8-10(15)16-5-17-12(8)21(19-9)7-3-1-6(2-4-7)11-18-13(22)23-20-11;13-9-8-11(15)16-5-17-12(8)20(18-9)7-3-1-6(2-4-7)10(14)19-21;13-10-9-11(15)16-6-17-12(9)19(18-10)8-3-1-7(5-14)2-4-8;12-9-8-10(13)14-5-15-11(8)17(16-9)6-1-3-7(18)4-2-6/h3-4,7-8,11-13,17,19H,5-6,9-10H2,1-2H3,(H,32,33)(H2,29,30,31)(H,34,36,38);7-12H,1-6H3,(H,23,24);5-7H,1-4H2,(H2,15,16,17)(H,18,20,22);5-7,21H,1-4H2,(H2,14,19)(H2,15,16,17);6-8H,1-4H2,(H2,15,16,17);5-6H,1-4H2,(H2,13,14,15). The van der Waals surface area contributed by atoms with Crippen molar-refractivity contribution >= 4 is 244 Å². The summed E-state index contributed by atoms with van der Waals surface area (Å²) in [6.07, 6.45) is 24.7. The second-order valence-corrected chi connectivity index (χ2v) is 43.0. The minimum absolute atomic E-state index is 0.132. The second-order valence-electron chi connectivity index (χ2n) is 38.9. The molecule has 6 aliphatic rings. The summed E-state index contributed by atoms with van der Waals surface area (Å²) in [5, 5.41) is 62.2. The first-order chi connectivity index (χ1) is 71.2. The summed E-state index contributed by atoms with van der Waals surface area (Å²) in [6.45, 7) is 16.4. The highest BCUT2D eigenvalue weighted by Gasteiger charge is 2.52. The molecule has 0 amide bonds. The highest BCUT2D eigenvalue weighted by Crippen LogP contribution is 2.45. The Bertz CT molecular complexity index is 8100. The van der Waals surface area contributed by atoms with Crippen LogP contribution < -0.4 is 62.0 Å². The lowest BCUT2D eigenvalue weighted by molar-refractivity contribution is -0.120. The Labute approximate surface area is 899 Å². The number of nitrogens with zero attached hydrogens (tertiary/aromatic N) is 26. The van der Waals surface area contributed by atoms with Crippen molar-refractivity contribution in [2.75, 3.05) is 39.3 Å². The number of oxime groups is 1. The molecule has 46 nitrogen and oxygen atoms in total. The lowest BCUT2D eigenvalue weighted by Gasteiger charge is -2.32. The van der Waals surface area contributed by atoms with Crippen LogP contribution >= 0.6 is 90.4 Å². The number of aromatic amines is 2. The Morgan fingerprint density at radius 2 is 0.797 bits per heavy atom. The smallest absolute Gasteiger partial charge is 0.423 e. The quantitative estimate of drug-likeness (QED) is 0.0120. The average molecular weight is 2460 g/mol. The number of oxazole rings is 2. The minimum Gasteiger partial charge on any atom is -0.423 e. The lowest BCUT2D eigenvalue weighted by Crippen LogP contribution is -2.41. The number of H-pyrrole nitrogens is 2. The van der Waals surface area contributed by atoms with Gasteiger partial charge in [-0.3, -0.25) is 23.8 Å². The number of fused-ring (bicyclic) bond motifs is 7. The average Bonchev–Trinajstić information content (AvgIpc) is 1.60. The maximum Gasteiger partial charge on any atom is 0.494 e. The van der Waals surface area contributed by atoms with Crippen LogP contribution in [0.4, 0.5) is 52.5 Å². The van der Waals surface area contributed by atoms with E-state index in [1.165, 1.54) is 37.2 Å². The van der Waals surface area contributed by atoms with Gasteiger partial charge in [-0.05, 0) is 325 Å². The van der Waals surface area contributed by atoms with Crippen molar-refractivity contribution in [2.24, 2.45) is 22.7 Å². The van der Waals surface area contributed by atoms with Crippen molar-refractivity contribution < 1.29 is 37.2 Å². The maximum atomic E-state index is 11.4. The molecule has 4 aromatic carbocycles. The molecule has 14 aromatic heterocycles. The minimum atomic E-state index is -0.521. The first-order valence-corrected chi connectivity index (χ1v) is 52.9. The van der Waals surface area contributed by atoms with Crippen molar-refractivity contribution in [2.45, 2.75) is 237 Å². The Hall–Kier alpha value is -13.6. The van der Waals surface area contributed by atoms with Gasteiger partial charge in [0.25, 0.3) is 12.0 Å². The predicted octanol–water partition coefficient (Wildman–Crippen LogP) is 16.7. The molecule has 0 unspecified atom stereocenters. The number of amidine groups is 1. The third-order valence-corrected chi connectivity index (χ3v) is 31.6. The molecule has 5 saturated carbocycles. The number of benzene rings is 4. The summed E-state index contributed by atoms with van der Waals surface area (Å²) in [4.78, 5) is 90.3. The van der Waals surface area contributed by atoms with E-state index in [1.54, 1.807) is 0 Å². The molecule has 5 aliphatic carbocycles. The first kappa shape index (κ1) is 103. The molecular formula is C97H107BI4N36O10. The Balaban J connectivity index is 0.000000115. The molecule has 18 aromatic rings. The van der Waals surface area contributed by atoms with E-state index in [4.69, 9.17) is 72.6 Å². The number of aryl methyl sites for hydroxylation is 4. The van der Waals surface area contributed by atoms with E-state index in [0.717, 1.165) is 247 Å². The van der Waals surface area contributed by atoms with Crippen LogP contribution in [0.3, 0.4) is 0 Å². The van der Waals surface area contributed by atoms with E-state index in [0.29, 0.717) is 88.9 Å². The number of ketones is 1. The molecule has 0 atom stereocenters. The number of carbonyl (C=O) groups is 1. The molecule has 6 fully saturated rings. The van der Waals surface area contributed by atoms with Crippen molar-refractivity contribution in [1.82, 2.24) is 129 Å². The maximum absolute atomic E-state index is 11.4. The van der Waals surface area contributed by atoms with Gasteiger partial charge in [0.1, 0.15) is 104 Å². The van der Waals surface area contributed by atoms with Crippen LogP contribution in [-0.2, 0) is 14.1 Å². The van der Waals surface area contributed by atoms with Gasteiger partial charge < -0.3 is 68.4 Å². The number of Topliss-reactive ketones (excluding diaryl/α,β-unsaturated/α-hetero) is 1. The number of nitrogens with one attached hydrogen (secondary N) is 4. The van der Waals surface area contributed by atoms with Crippen LogP contribution in [0.5, 0.6) is 0 Å². The third kappa shape index (κ3) is 21.9. The van der Waals surface area contributed by atoms with Gasteiger partial charge in [0.2, 0.25) is 0 Å². The fraction of sp³-hybridized carbons (Fsp3) is 0.402. The zero-order valence-corrected chi connectivity index (χ0v) is 90.6. The molecule has 15 heterocycles. The van der Waals surface area contributed by atoms with Crippen LogP contribution in [0, 0.1) is 65.7 Å². The molecule has 0 radical (unpaired) electrons. The van der Waals surface area contributed by atoms with Crippen LogP contribution in [0.1, 0.15) is 232 Å². The second kappa shape index (κ2) is 43.7. The van der Waals surface area contributed by atoms with Crippen molar-refractivity contribution in [3.05, 3.63) is 174 Å². The molecule has 24 rings (SSSR count). The van der Waals surface area contributed by atoms with Crippen molar-refractivity contribution in [1.29, 1.82) is 5.26 Å². The zero-order chi connectivity index (χ0) is 104.